The molecule has 0 amide bonds. The number of piperidine rings is 2. The van der Waals surface area contributed by atoms with Crippen LogP contribution in [0.15, 0.2) is 24.5 Å². The molecule has 0 bridgehead atoms. The summed E-state index contributed by atoms with van der Waals surface area (Å²) in [5.41, 5.74) is 1.32. The van der Waals surface area contributed by atoms with Crippen LogP contribution in [0.1, 0.15) is 51.5 Å². The van der Waals surface area contributed by atoms with E-state index in [4.69, 9.17) is 0 Å². The number of hydrogen-bond donors (Lipinski definition) is 0. The molecule has 2 fully saturated rings. The number of sulfonamides is 1. The summed E-state index contributed by atoms with van der Waals surface area (Å²) < 4.78 is 26.5. The summed E-state index contributed by atoms with van der Waals surface area (Å²) in [6, 6.07) is 4.79. The molecule has 3 rings (SSSR count). The first-order valence-electron chi connectivity index (χ1n) is 9.60. The van der Waals surface area contributed by atoms with Gasteiger partial charge in [0.15, 0.2) is 0 Å². The lowest BCUT2D eigenvalue weighted by atomic mass is 9.84. The fourth-order valence-corrected chi connectivity index (χ4v) is 5.60. The Morgan fingerprint density at radius 3 is 2.40 bits per heavy atom. The smallest absolute Gasteiger partial charge is 0.216 e. The number of aromatic nitrogens is 1. The largest absolute Gasteiger partial charge is 0.296 e. The second-order valence-corrected chi connectivity index (χ2v) is 10.2. The van der Waals surface area contributed by atoms with Crippen molar-refractivity contribution in [3.05, 3.63) is 30.1 Å². The van der Waals surface area contributed by atoms with Crippen LogP contribution >= 0.6 is 0 Å². The van der Waals surface area contributed by atoms with Crippen LogP contribution in [0.3, 0.4) is 0 Å². The second-order valence-electron chi connectivity index (χ2n) is 7.72. The van der Waals surface area contributed by atoms with E-state index in [0.29, 0.717) is 25.0 Å². The van der Waals surface area contributed by atoms with Gasteiger partial charge in [0.05, 0.1) is 5.25 Å². The zero-order chi connectivity index (χ0) is 17.9. The Morgan fingerprint density at radius 1 is 1.08 bits per heavy atom. The van der Waals surface area contributed by atoms with Gasteiger partial charge in [0.1, 0.15) is 0 Å². The van der Waals surface area contributed by atoms with Gasteiger partial charge in [-0.1, -0.05) is 6.42 Å². The molecule has 6 heteroatoms. The van der Waals surface area contributed by atoms with Gasteiger partial charge < -0.3 is 0 Å². The summed E-state index contributed by atoms with van der Waals surface area (Å²) in [6.07, 6.45) is 9.51. The first-order valence-corrected chi connectivity index (χ1v) is 11.1. The Hall–Kier alpha value is -0.980. The van der Waals surface area contributed by atoms with Gasteiger partial charge in [-0.2, -0.15) is 0 Å². The molecule has 140 valence electrons. The number of hydrogen-bond acceptors (Lipinski definition) is 4. The summed E-state index contributed by atoms with van der Waals surface area (Å²) in [4.78, 5) is 6.73. The SMILES string of the molecule is CC(C)S(=O)(=O)N1CCC(C2CCCCN2Cc2ccncc2)CC1. The number of rotatable bonds is 5. The Kier molecular flexibility index (Phi) is 6.12. The van der Waals surface area contributed by atoms with Crippen LogP contribution in [0, 0.1) is 5.92 Å². The topological polar surface area (TPSA) is 53.5 Å². The lowest BCUT2D eigenvalue weighted by molar-refractivity contribution is 0.0683. The number of likely N-dealkylation sites (tertiary alicyclic amines) is 1. The Bertz CT molecular complexity index is 640. The van der Waals surface area contributed by atoms with Gasteiger partial charge in [-0.25, -0.2) is 12.7 Å². The summed E-state index contributed by atoms with van der Waals surface area (Å²) in [7, 11) is -3.10. The predicted octanol–water partition coefficient (Wildman–Crippen LogP) is 2.89. The molecule has 0 aromatic carbocycles. The van der Waals surface area contributed by atoms with E-state index in [1.165, 1.54) is 24.8 Å². The van der Waals surface area contributed by atoms with Gasteiger partial charge in [-0.05, 0) is 69.7 Å². The molecule has 2 aliphatic rings. The molecule has 2 saturated heterocycles. The molecule has 2 aliphatic heterocycles. The van der Waals surface area contributed by atoms with Crippen molar-refractivity contribution in [1.29, 1.82) is 0 Å². The average molecular weight is 366 g/mol. The highest BCUT2D eigenvalue weighted by Gasteiger charge is 2.35. The molecule has 1 aromatic heterocycles. The van der Waals surface area contributed by atoms with Crippen molar-refractivity contribution in [3.8, 4) is 0 Å². The van der Waals surface area contributed by atoms with E-state index >= 15 is 0 Å². The van der Waals surface area contributed by atoms with Gasteiger partial charge in [0.25, 0.3) is 0 Å². The Balaban J connectivity index is 1.62. The molecule has 5 nitrogen and oxygen atoms in total. The van der Waals surface area contributed by atoms with Crippen molar-refractivity contribution < 1.29 is 8.42 Å². The highest BCUT2D eigenvalue weighted by Crippen LogP contribution is 2.32. The van der Waals surface area contributed by atoms with Gasteiger partial charge in [-0.15, -0.1) is 0 Å². The highest BCUT2D eigenvalue weighted by molar-refractivity contribution is 7.89. The quantitative estimate of drug-likeness (QED) is 0.805. The van der Waals surface area contributed by atoms with Crippen LogP contribution in [0.2, 0.25) is 0 Å². The molecule has 3 heterocycles. The third-order valence-corrected chi connectivity index (χ3v) is 8.07. The maximum Gasteiger partial charge on any atom is 0.216 e. The van der Waals surface area contributed by atoms with Crippen molar-refractivity contribution in [1.82, 2.24) is 14.2 Å². The van der Waals surface area contributed by atoms with E-state index in [9.17, 15) is 8.42 Å². The lowest BCUT2D eigenvalue weighted by Crippen LogP contribution is -2.49. The minimum atomic E-state index is -3.10. The zero-order valence-corrected chi connectivity index (χ0v) is 16.3. The van der Waals surface area contributed by atoms with Crippen molar-refractivity contribution in [2.75, 3.05) is 19.6 Å². The van der Waals surface area contributed by atoms with Gasteiger partial charge >= 0.3 is 0 Å². The van der Waals surface area contributed by atoms with Crippen LogP contribution < -0.4 is 0 Å². The van der Waals surface area contributed by atoms with Crippen LogP contribution in [0.4, 0.5) is 0 Å². The average Bonchev–Trinajstić information content (AvgIpc) is 2.63. The van der Waals surface area contributed by atoms with E-state index in [1.807, 2.05) is 12.4 Å². The van der Waals surface area contributed by atoms with E-state index in [1.54, 1.807) is 18.2 Å². The number of pyridine rings is 1. The molecule has 1 atom stereocenters. The van der Waals surface area contributed by atoms with Crippen LogP contribution in [-0.4, -0.2) is 53.5 Å². The number of nitrogens with zero attached hydrogens (tertiary/aromatic N) is 3. The third-order valence-electron chi connectivity index (χ3n) is 5.80. The maximum absolute atomic E-state index is 12.4. The first kappa shape index (κ1) is 18.8. The second kappa shape index (κ2) is 8.14. The molecule has 0 spiro atoms. The van der Waals surface area contributed by atoms with Crippen LogP contribution in [-0.2, 0) is 16.6 Å². The molecule has 1 aromatic rings. The third kappa shape index (κ3) is 4.41. The Morgan fingerprint density at radius 2 is 1.76 bits per heavy atom. The predicted molar refractivity (Wildman–Crippen MR) is 101 cm³/mol. The molecule has 25 heavy (non-hydrogen) atoms. The van der Waals surface area contributed by atoms with E-state index in [-0.39, 0.29) is 5.25 Å². The van der Waals surface area contributed by atoms with Crippen LogP contribution in [0.25, 0.3) is 0 Å². The summed E-state index contributed by atoms with van der Waals surface area (Å²) in [5.74, 6) is 0.612. The van der Waals surface area contributed by atoms with Crippen molar-refractivity contribution in [2.24, 2.45) is 5.92 Å². The van der Waals surface area contributed by atoms with Gasteiger partial charge in [0, 0.05) is 38.1 Å². The molecule has 1 unspecified atom stereocenters. The molecular formula is C19H31N3O2S. The zero-order valence-electron chi connectivity index (χ0n) is 15.5. The molecule has 0 aliphatic carbocycles. The summed E-state index contributed by atoms with van der Waals surface area (Å²) in [5, 5.41) is -0.318. The van der Waals surface area contributed by atoms with E-state index in [2.05, 4.69) is 22.0 Å². The summed E-state index contributed by atoms with van der Waals surface area (Å²) in [6.45, 7) is 7.06. The fraction of sp³-hybridized carbons (Fsp3) is 0.737. The van der Waals surface area contributed by atoms with E-state index in [0.717, 1.165) is 25.9 Å². The summed E-state index contributed by atoms with van der Waals surface area (Å²) >= 11 is 0. The van der Waals surface area contributed by atoms with Crippen molar-refractivity contribution in [3.63, 3.8) is 0 Å². The fourth-order valence-electron chi connectivity index (χ4n) is 4.28. The Labute approximate surface area is 152 Å². The highest BCUT2D eigenvalue weighted by atomic mass is 32.2. The normalized spacial score (nSPS) is 24.7. The molecule has 0 radical (unpaired) electrons. The minimum absolute atomic E-state index is 0.318. The lowest BCUT2D eigenvalue weighted by Gasteiger charge is -2.43. The van der Waals surface area contributed by atoms with Gasteiger partial charge in [0.2, 0.25) is 10.0 Å². The van der Waals surface area contributed by atoms with Crippen molar-refractivity contribution >= 4 is 10.0 Å². The van der Waals surface area contributed by atoms with Gasteiger partial charge in [-0.3, -0.25) is 9.88 Å². The van der Waals surface area contributed by atoms with Crippen molar-refractivity contribution in [2.45, 2.75) is 63.8 Å². The monoisotopic (exact) mass is 365 g/mol. The first-order chi connectivity index (χ1) is 12.0. The minimum Gasteiger partial charge on any atom is -0.296 e. The van der Waals surface area contributed by atoms with Crippen LogP contribution in [0.5, 0.6) is 0 Å². The molecule has 0 N–H and O–H groups in total. The molecular weight excluding hydrogens is 334 g/mol. The molecule has 0 saturated carbocycles. The standard InChI is InChI=1S/C19H31N3O2S/c1-16(2)25(23,24)22-13-8-18(9-14-22)19-5-3-4-12-21(19)15-17-6-10-20-11-7-17/h6-7,10-11,16,18-19H,3-5,8-9,12-15H2,1-2H3. The van der Waals surface area contributed by atoms with E-state index < -0.39 is 10.0 Å². The maximum atomic E-state index is 12.4.